The highest BCUT2D eigenvalue weighted by molar-refractivity contribution is 14.1. The Balaban J connectivity index is 1.66. The minimum absolute atomic E-state index is 0.360. The van der Waals surface area contributed by atoms with Gasteiger partial charge in [-0.3, -0.25) is 0 Å². The van der Waals surface area contributed by atoms with Gasteiger partial charge in [-0.25, -0.2) is 0 Å². The van der Waals surface area contributed by atoms with E-state index in [0.717, 1.165) is 6.42 Å². The standard InChI is InChI=1S/C20H17IN2/c21-12-8-9-19-16(10-12)13-5-3-6-15(13)20(23-19)17-11-22-18-7-2-1-4-14(17)18/h1-5,7-11,13,15,20,22-23H,6H2. The van der Waals surface area contributed by atoms with E-state index < -0.39 is 0 Å². The average Bonchev–Trinajstić information content (AvgIpc) is 3.21. The summed E-state index contributed by atoms with van der Waals surface area (Å²) >= 11 is 2.41. The van der Waals surface area contributed by atoms with Crippen molar-refractivity contribution in [2.24, 2.45) is 5.92 Å². The average molecular weight is 412 g/mol. The minimum atomic E-state index is 0.360. The zero-order valence-electron chi connectivity index (χ0n) is 12.6. The lowest BCUT2D eigenvalue weighted by Gasteiger charge is -2.37. The molecule has 3 aromatic rings. The fourth-order valence-electron chi connectivity index (χ4n) is 4.22. The second-order valence-electron chi connectivity index (χ2n) is 6.50. The van der Waals surface area contributed by atoms with Gasteiger partial charge in [-0.1, -0.05) is 30.4 Å². The lowest BCUT2D eigenvalue weighted by atomic mass is 9.77. The molecule has 1 aliphatic carbocycles. The van der Waals surface area contributed by atoms with Crippen molar-refractivity contribution >= 4 is 39.2 Å². The molecule has 2 nitrogen and oxygen atoms in total. The molecule has 0 amide bonds. The Morgan fingerprint density at radius 2 is 1.96 bits per heavy atom. The molecular weight excluding hydrogens is 395 g/mol. The van der Waals surface area contributed by atoms with Crippen LogP contribution >= 0.6 is 22.6 Å². The zero-order valence-corrected chi connectivity index (χ0v) is 14.7. The van der Waals surface area contributed by atoms with Crippen molar-refractivity contribution in [2.75, 3.05) is 5.32 Å². The van der Waals surface area contributed by atoms with Crippen LogP contribution in [0.4, 0.5) is 5.69 Å². The molecule has 2 heterocycles. The molecule has 0 saturated carbocycles. The maximum absolute atomic E-state index is 3.83. The number of aromatic amines is 1. The van der Waals surface area contributed by atoms with Gasteiger partial charge in [0.2, 0.25) is 0 Å². The summed E-state index contributed by atoms with van der Waals surface area (Å²) in [4.78, 5) is 3.44. The first kappa shape index (κ1) is 13.7. The second kappa shape index (κ2) is 5.13. The molecule has 3 unspecified atom stereocenters. The minimum Gasteiger partial charge on any atom is -0.378 e. The molecule has 0 radical (unpaired) electrons. The molecule has 0 spiro atoms. The van der Waals surface area contributed by atoms with E-state index in [1.54, 1.807) is 0 Å². The SMILES string of the molecule is Ic1ccc2c(c1)C1C=CCC1C(c1c[nH]c3ccccc13)N2. The third-order valence-corrected chi connectivity index (χ3v) is 5.95. The number of allylic oxidation sites excluding steroid dienone is 2. The Morgan fingerprint density at radius 3 is 2.91 bits per heavy atom. The summed E-state index contributed by atoms with van der Waals surface area (Å²) in [6.45, 7) is 0. The van der Waals surface area contributed by atoms with Crippen LogP contribution in [-0.4, -0.2) is 4.98 Å². The number of para-hydroxylation sites is 1. The molecule has 1 aromatic heterocycles. The van der Waals surface area contributed by atoms with E-state index >= 15 is 0 Å². The Morgan fingerprint density at radius 1 is 1.04 bits per heavy atom. The van der Waals surface area contributed by atoms with Crippen LogP contribution in [-0.2, 0) is 0 Å². The van der Waals surface area contributed by atoms with Crippen LogP contribution in [0.2, 0.25) is 0 Å². The highest BCUT2D eigenvalue weighted by atomic mass is 127. The van der Waals surface area contributed by atoms with E-state index in [-0.39, 0.29) is 0 Å². The van der Waals surface area contributed by atoms with Crippen molar-refractivity contribution in [3.8, 4) is 0 Å². The fraction of sp³-hybridized carbons (Fsp3) is 0.200. The Kier molecular flexibility index (Phi) is 3.05. The van der Waals surface area contributed by atoms with Crippen molar-refractivity contribution < 1.29 is 0 Å². The van der Waals surface area contributed by atoms with Crippen molar-refractivity contribution in [1.29, 1.82) is 0 Å². The van der Waals surface area contributed by atoms with Gasteiger partial charge in [0.05, 0.1) is 6.04 Å². The predicted molar refractivity (Wildman–Crippen MR) is 104 cm³/mol. The van der Waals surface area contributed by atoms with E-state index in [1.807, 2.05) is 0 Å². The van der Waals surface area contributed by atoms with Gasteiger partial charge in [0.25, 0.3) is 0 Å². The van der Waals surface area contributed by atoms with E-state index in [9.17, 15) is 0 Å². The number of anilines is 1. The van der Waals surface area contributed by atoms with Crippen molar-refractivity contribution in [1.82, 2.24) is 4.98 Å². The maximum Gasteiger partial charge on any atom is 0.0574 e. The first-order valence-corrected chi connectivity index (χ1v) is 9.18. The van der Waals surface area contributed by atoms with Crippen molar-refractivity contribution in [3.63, 3.8) is 0 Å². The number of hydrogen-bond donors (Lipinski definition) is 2. The molecule has 2 aliphatic rings. The largest absolute Gasteiger partial charge is 0.378 e. The first-order valence-electron chi connectivity index (χ1n) is 8.10. The second-order valence-corrected chi connectivity index (χ2v) is 7.74. The fourth-order valence-corrected chi connectivity index (χ4v) is 4.74. The number of hydrogen-bond acceptors (Lipinski definition) is 1. The number of halogens is 1. The van der Waals surface area contributed by atoms with Crippen LogP contribution in [0, 0.1) is 9.49 Å². The summed E-state index contributed by atoms with van der Waals surface area (Å²) in [5.41, 5.74) is 5.35. The molecule has 5 rings (SSSR count). The number of rotatable bonds is 1. The molecule has 0 bridgehead atoms. The lowest BCUT2D eigenvalue weighted by molar-refractivity contribution is 0.427. The highest BCUT2D eigenvalue weighted by Crippen LogP contribution is 2.50. The van der Waals surface area contributed by atoms with E-state index in [1.165, 1.54) is 31.3 Å². The molecule has 114 valence electrons. The number of aromatic nitrogens is 1. The Bertz CT molecular complexity index is 924. The van der Waals surface area contributed by atoms with Gasteiger partial charge in [-0.2, -0.15) is 0 Å². The summed E-state index contributed by atoms with van der Waals surface area (Å²) in [5.74, 6) is 1.12. The van der Waals surface area contributed by atoms with Gasteiger partial charge >= 0.3 is 0 Å². The van der Waals surface area contributed by atoms with Crippen LogP contribution < -0.4 is 5.32 Å². The molecule has 2 N–H and O–H groups in total. The third-order valence-electron chi connectivity index (χ3n) is 5.28. The maximum atomic E-state index is 3.83. The monoisotopic (exact) mass is 412 g/mol. The summed E-state index contributed by atoms with van der Waals surface area (Å²) < 4.78 is 1.31. The molecule has 2 aromatic carbocycles. The molecule has 0 saturated heterocycles. The van der Waals surface area contributed by atoms with Crippen LogP contribution in [0.5, 0.6) is 0 Å². The third kappa shape index (κ3) is 2.06. The molecule has 3 atom stereocenters. The van der Waals surface area contributed by atoms with Crippen LogP contribution in [0.25, 0.3) is 10.9 Å². The number of H-pyrrole nitrogens is 1. The summed E-state index contributed by atoms with van der Waals surface area (Å²) in [6, 6.07) is 15.7. The van der Waals surface area contributed by atoms with E-state index in [0.29, 0.717) is 17.9 Å². The number of fused-ring (bicyclic) bond motifs is 4. The van der Waals surface area contributed by atoms with Gasteiger partial charge in [0, 0.05) is 32.3 Å². The molecule has 3 heteroatoms. The van der Waals surface area contributed by atoms with E-state index in [2.05, 4.69) is 93.7 Å². The number of nitrogens with one attached hydrogen (secondary N) is 2. The zero-order chi connectivity index (χ0) is 15.4. The summed E-state index contributed by atoms with van der Waals surface area (Å²) in [5, 5.41) is 5.16. The van der Waals surface area contributed by atoms with Crippen molar-refractivity contribution in [2.45, 2.75) is 18.4 Å². The van der Waals surface area contributed by atoms with Crippen LogP contribution in [0.15, 0.2) is 60.8 Å². The summed E-state index contributed by atoms with van der Waals surface area (Å²) in [6.07, 6.45) is 8.10. The smallest absolute Gasteiger partial charge is 0.0574 e. The van der Waals surface area contributed by atoms with Crippen molar-refractivity contribution in [3.05, 3.63) is 75.5 Å². The van der Waals surface area contributed by atoms with Gasteiger partial charge in [0.15, 0.2) is 0 Å². The van der Waals surface area contributed by atoms with Crippen LogP contribution in [0.1, 0.15) is 29.5 Å². The normalized spacial score (nSPS) is 25.2. The molecule has 23 heavy (non-hydrogen) atoms. The molecule has 1 aliphatic heterocycles. The predicted octanol–water partition coefficient (Wildman–Crippen LogP) is 5.60. The topological polar surface area (TPSA) is 27.8 Å². The Hall–Kier alpha value is -1.75. The quantitative estimate of drug-likeness (QED) is 0.395. The van der Waals surface area contributed by atoms with Gasteiger partial charge < -0.3 is 10.3 Å². The Labute approximate surface area is 149 Å². The van der Waals surface area contributed by atoms with Gasteiger partial charge in [-0.15, -0.1) is 0 Å². The lowest BCUT2D eigenvalue weighted by Crippen LogP contribution is -2.29. The highest BCUT2D eigenvalue weighted by Gasteiger charge is 2.38. The first-order chi connectivity index (χ1) is 11.3. The molecular formula is C20H17IN2. The van der Waals surface area contributed by atoms with Gasteiger partial charge in [-0.05, 0) is 70.3 Å². The summed E-state index contributed by atoms with van der Waals surface area (Å²) in [7, 11) is 0. The van der Waals surface area contributed by atoms with E-state index in [4.69, 9.17) is 0 Å². The van der Waals surface area contributed by atoms with Gasteiger partial charge in [0.1, 0.15) is 0 Å². The molecule has 0 fully saturated rings. The number of benzene rings is 2. The van der Waals surface area contributed by atoms with Crippen LogP contribution in [0.3, 0.4) is 0 Å².